The second kappa shape index (κ2) is 6.70. The molecule has 0 aliphatic carbocycles. The number of rotatable bonds is 4. The van der Waals surface area contributed by atoms with Gasteiger partial charge in [0.15, 0.2) is 5.82 Å². The van der Waals surface area contributed by atoms with Gasteiger partial charge in [0.1, 0.15) is 6.33 Å². The van der Waals surface area contributed by atoms with Gasteiger partial charge in [-0.15, -0.1) is 5.10 Å². The van der Waals surface area contributed by atoms with Gasteiger partial charge in [-0.2, -0.15) is 4.98 Å². The van der Waals surface area contributed by atoms with Gasteiger partial charge in [0.25, 0.3) is 5.89 Å². The molecule has 24 heavy (non-hydrogen) atoms. The summed E-state index contributed by atoms with van der Waals surface area (Å²) in [6, 6.07) is 7.91. The zero-order chi connectivity index (χ0) is 16.4. The fourth-order valence-corrected chi connectivity index (χ4v) is 2.94. The Morgan fingerprint density at radius 3 is 2.96 bits per heavy atom. The molecule has 1 fully saturated rings. The van der Waals surface area contributed by atoms with E-state index in [1.165, 1.54) is 0 Å². The van der Waals surface area contributed by atoms with E-state index in [9.17, 15) is 0 Å². The Bertz CT molecular complexity index is 806. The van der Waals surface area contributed by atoms with Crippen LogP contribution in [0.3, 0.4) is 0 Å². The lowest BCUT2D eigenvalue weighted by atomic mass is 10.1. The quantitative estimate of drug-likeness (QED) is 0.783. The molecular weight excluding hydrogens is 328 g/mol. The first kappa shape index (κ1) is 15.3. The Kier molecular flexibility index (Phi) is 4.27. The van der Waals surface area contributed by atoms with E-state index in [-0.39, 0.29) is 0 Å². The van der Waals surface area contributed by atoms with Crippen molar-refractivity contribution in [3.63, 3.8) is 0 Å². The first-order valence-corrected chi connectivity index (χ1v) is 8.35. The first-order valence-electron chi connectivity index (χ1n) is 7.97. The van der Waals surface area contributed by atoms with Gasteiger partial charge >= 0.3 is 0 Å². The molecule has 3 heterocycles. The molecule has 1 aliphatic rings. The lowest BCUT2D eigenvalue weighted by molar-refractivity contribution is 0.345. The van der Waals surface area contributed by atoms with E-state index >= 15 is 0 Å². The van der Waals surface area contributed by atoms with Crippen LogP contribution in [0.1, 0.15) is 30.3 Å². The molecule has 1 saturated heterocycles. The highest BCUT2D eigenvalue weighted by molar-refractivity contribution is 6.30. The van der Waals surface area contributed by atoms with Crippen LogP contribution in [0.15, 0.2) is 35.1 Å². The minimum atomic E-state index is 0.330. The molecule has 4 rings (SSSR count). The Morgan fingerprint density at radius 2 is 2.17 bits per heavy atom. The maximum absolute atomic E-state index is 5.89. The maximum Gasteiger partial charge on any atom is 0.297 e. The Hall–Kier alpha value is -2.25. The van der Waals surface area contributed by atoms with Crippen molar-refractivity contribution >= 4 is 11.6 Å². The average Bonchev–Trinajstić information content (AvgIpc) is 3.27. The fraction of sp³-hybridized carbons (Fsp3) is 0.375. The lowest BCUT2D eigenvalue weighted by Crippen LogP contribution is -2.31. The number of aromatic nitrogens is 5. The molecule has 7 nitrogen and oxygen atoms in total. The van der Waals surface area contributed by atoms with Crippen LogP contribution in [0.4, 0.5) is 0 Å². The van der Waals surface area contributed by atoms with Gasteiger partial charge in [0.05, 0.1) is 6.04 Å². The second-order valence-corrected chi connectivity index (χ2v) is 6.30. The standard InChI is InChI=1S/C16H17ClN6O/c17-12-5-3-11(4-6-12)8-14-20-16(24-22-14)15-19-10-23(21-15)13-2-1-7-18-9-13/h3-6,10,13,18H,1-2,7-9H2. The molecule has 0 spiro atoms. The van der Waals surface area contributed by atoms with Gasteiger partial charge in [-0.25, -0.2) is 9.67 Å². The summed E-state index contributed by atoms with van der Waals surface area (Å²) >= 11 is 5.89. The number of nitrogens with one attached hydrogen (secondary N) is 1. The molecule has 0 saturated carbocycles. The van der Waals surface area contributed by atoms with Crippen LogP contribution in [-0.4, -0.2) is 38.0 Å². The summed E-state index contributed by atoms with van der Waals surface area (Å²) < 4.78 is 7.19. The van der Waals surface area contributed by atoms with Crippen molar-refractivity contribution in [3.8, 4) is 11.7 Å². The predicted molar refractivity (Wildman–Crippen MR) is 88.7 cm³/mol. The summed E-state index contributed by atoms with van der Waals surface area (Å²) in [4.78, 5) is 8.70. The third-order valence-electron chi connectivity index (χ3n) is 4.09. The molecular formula is C16H17ClN6O. The minimum absolute atomic E-state index is 0.330. The van der Waals surface area contributed by atoms with Crippen molar-refractivity contribution in [1.82, 2.24) is 30.2 Å². The SMILES string of the molecule is Clc1ccc(Cc2noc(-c3ncn(C4CCCNC4)n3)n2)cc1. The van der Waals surface area contributed by atoms with Crippen molar-refractivity contribution in [2.45, 2.75) is 25.3 Å². The van der Waals surface area contributed by atoms with Gasteiger partial charge in [-0.05, 0) is 37.1 Å². The molecule has 1 N–H and O–H groups in total. The van der Waals surface area contributed by atoms with Crippen LogP contribution < -0.4 is 5.32 Å². The molecule has 0 bridgehead atoms. The van der Waals surface area contributed by atoms with Gasteiger partial charge in [-0.1, -0.05) is 28.9 Å². The molecule has 8 heteroatoms. The highest BCUT2D eigenvalue weighted by Crippen LogP contribution is 2.19. The van der Waals surface area contributed by atoms with Crippen LogP contribution in [0.25, 0.3) is 11.7 Å². The number of nitrogens with zero attached hydrogens (tertiary/aromatic N) is 5. The predicted octanol–water partition coefficient (Wildman–Crippen LogP) is 2.50. The largest absolute Gasteiger partial charge is 0.330 e. The molecule has 2 aromatic heterocycles. The molecule has 1 aromatic carbocycles. The van der Waals surface area contributed by atoms with Crippen molar-refractivity contribution < 1.29 is 4.52 Å². The third kappa shape index (κ3) is 3.32. The summed E-state index contributed by atoms with van der Waals surface area (Å²) in [5, 5.41) is 12.6. The number of piperidine rings is 1. The van der Waals surface area contributed by atoms with E-state index in [0.717, 1.165) is 31.5 Å². The molecule has 1 unspecified atom stereocenters. The molecule has 3 aromatic rings. The Balaban J connectivity index is 1.48. The lowest BCUT2D eigenvalue weighted by Gasteiger charge is -2.22. The summed E-state index contributed by atoms with van der Waals surface area (Å²) in [5.41, 5.74) is 1.07. The zero-order valence-corrected chi connectivity index (χ0v) is 13.8. The summed E-state index contributed by atoms with van der Waals surface area (Å²) in [7, 11) is 0. The molecule has 124 valence electrons. The zero-order valence-electron chi connectivity index (χ0n) is 13.0. The summed E-state index contributed by atoms with van der Waals surface area (Å²) in [5.74, 6) is 1.42. The van der Waals surface area contributed by atoms with E-state index in [1.54, 1.807) is 6.33 Å². The van der Waals surface area contributed by atoms with Crippen LogP contribution in [0.2, 0.25) is 5.02 Å². The molecule has 1 aliphatic heterocycles. The van der Waals surface area contributed by atoms with E-state index in [1.807, 2.05) is 28.9 Å². The van der Waals surface area contributed by atoms with Crippen LogP contribution in [0.5, 0.6) is 0 Å². The minimum Gasteiger partial charge on any atom is -0.330 e. The van der Waals surface area contributed by atoms with E-state index < -0.39 is 0 Å². The van der Waals surface area contributed by atoms with Crippen molar-refractivity contribution in [2.75, 3.05) is 13.1 Å². The number of hydrogen-bond acceptors (Lipinski definition) is 6. The van der Waals surface area contributed by atoms with Crippen molar-refractivity contribution in [1.29, 1.82) is 0 Å². The van der Waals surface area contributed by atoms with Gasteiger partial charge in [0.2, 0.25) is 5.82 Å². The molecule has 0 radical (unpaired) electrons. The average molecular weight is 345 g/mol. The van der Waals surface area contributed by atoms with E-state index in [0.29, 0.717) is 35.0 Å². The number of halogens is 1. The highest BCUT2D eigenvalue weighted by atomic mass is 35.5. The van der Waals surface area contributed by atoms with E-state index in [4.69, 9.17) is 16.1 Å². The maximum atomic E-state index is 5.89. The fourth-order valence-electron chi connectivity index (χ4n) is 2.81. The van der Waals surface area contributed by atoms with Crippen LogP contribution in [0, 0.1) is 0 Å². The highest BCUT2D eigenvalue weighted by Gasteiger charge is 2.19. The van der Waals surface area contributed by atoms with Gasteiger partial charge in [0, 0.05) is 18.0 Å². The van der Waals surface area contributed by atoms with Crippen molar-refractivity contribution in [2.24, 2.45) is 0 Å². The summed E-state index contributed by atoms with van der Waals surface area (Å²) in [6.45, 7) is 1.98. The van der Waals surface area contributed by atoms with Gasteiger partial charge < -0.3 is 9.84 Å². The Labute approximate surface area is 144 Å². The second-order valence-electron chi connectivity index (χ2n) is 5.87. The normalized spacial score (nSPS) is 18.0. The number of hydrogen-bond donors (Lipinski definition) is 1. The van der Waals surface area contributed by atoms with Crippen LogP contribution >= 0.6 is 11.6 Å². The third-order valence-corrected chi connectivity index (χ3v) is 4.34. The van der Waals surface area contributed by atoms with Gasteiger partial charge in [-0.3, -0.25) is 0 Å². The number of benzene rings is 1. The molecule has 0 amide bonds. The smallest absolute Gasteiger partial charge is 0.297 e. The topological polar surface area (TPSA) is 81.7 Å². The first-order chi connectivity index (χ1) is 11.8. The Morgan fingerprint density at radius 1 is 1.29 bits per heavy atom. The van der Waals surface area contributed by atoms with Crippen LogP contribution in [-0.2, 0) is 6.42 Å². The van der Waals surface area contributed by atoms with Crippen molar-refractivity contribution in [3.05, 3.63) is 47.0 Å². The van der Waals surface area contributed by atoms with E-state index in [2.05, 4.69) is 25.5 Å². The summed E-state index contributed by atoms with van der Waals surface area (Å²) in [6.07, 6.45) is 4.55. The molecule has 1 atom stereocenters. The monoisotopic (exact) mass is 344 g/mol.